The Kier molecular flexibility index (Phi) is 5.88. The van der Waals surface area contributed by atoms with Gasteiger partial charge in [-0.1, -0.05) is 24.3 Å². The standard InChI is InChI=1S/C21H20FNO4/c1-26-18-7-5-15(6-8-18)12-23(13-16-3-2-4-17(22)11-16)14-19-9-10-20(27-19)21(24)25/h2-11H,12-14H2,1H3,(H,24,25). The number of halogens is 1. The van der Waals surface area contributed by atoms with Crippen LogP contribution >= 0.6 is 0 Å². The van der Waals surface area contributed by atoms with Gasteiger partial charge in [-0.25, -0.2) is 9.18 Å². The second kappa shape index (κ2) is 8.51. The number of benzene rings is 2. The maximum absolute atomic E-state index is 13.5. The summed E-state index contributed by atoms with van der Waals surface area (Å²) in [5, 5.41) is 9.02. The first-order valence-electron chi connectivity index (χ1n) is 8.45. The van der Waals surface area contributed by atoms with Gasteiger partial charge in [0.25, 0.3) is 0 Å². The van der Waals surface area contributed by atoms with Crippen molar-refractivity contribution < 1.29 is 23.4 Å². The van der Waals surface area contributed by atoms with Crippen LogP contribution in [0.2, 0.25) is 0 Å². The Morgan fingerprint density at radius 1 is 1.04 bits per heavy atom. The average Bonchev–Trinajstić information content (AvgIpc) is 3.11. The van der Waals surface area contributed by atoms with Crippen LogP contribution < -0.4 is 4.74 Å². The molecule has 0 unspecified atom stereocenters. The zero-order chi connectivity index (χ0) is 19.2. The predicted molar refractivity (Wildman–Crippen MR) is 98.0 cm³/mol. The normalized spacial score (nSPS) is 10.9. The number of nitrogens with zero attached hydrogens (tertiary/aromatic N) is 1. The molecule has 0 radical (unpaired) electrons. The molecule has 0 aliphatic carbocycles. The molecule has 1 heterocycles. The van der Waals surface area contributed by atoms with E-state index in [9.17, 15) is 9.18 Å². The second-order valence-electron chi connectivity index (χ2n) is 6.19. The van der Waals surface area contributed by atoms with E-state index in [4.69, 9.17) is 14.3 Å². The van der Waals surface area contributed by atoms with Crippen molar-refractivity contribution in [1.82, 2.24) is 4.90 Å². The summed E-state index contributed by atoms with van der Waals surface area (Å²) >= 11 is 0. The van der Waals surface area contributed by atoms with Crippen molar-refractivity contribution in [2.24, 2.45) is 0 Å². The highest BCUT2D eigenvalue weighted by molar-refractivity contribution is 5.84. The van der Waals surface area contributed by atoms with Crippen LogP contribution in [0.3, 0.4) is 0 Å². The van der Waals surface area contributed by atoms with Crippen molar-refractivity contribution in [2.75, 3.05) is 7.11 Å². The maximum Gasteiger partial charge on any atom is 0.371 e. The summed E-state index contributed by atoms with van der Waals surface area (Å²) in [5.74, 6) is -0.179. The third kappa shape index (κ3) is 5.18. The molecule has 140 valence electrons. The number of aromatic carboxylic acids is 1. The number of hydrogen-bond acceptors (Lipinski definition) is 4. The van der Waals surface area contributed by atoms with Crippen molar-refractivity contribution in [2.45, 2.75) is 19.6 Å². The van der Waals surface area contributed by atoms with Gasteiger partial charge in [0.15, 0.2) is 0 Å². The van der Waals surface area contributed by atoms with E-state index in [0.29, 0.717) is 25.4 Å². The Labute approximate surface area is 156 Å². The highest BCUT2D eigenvalue weighted by Gasteiger charge is 2.14. The molecule has 5 nitrogen and oxygen atoms in total. The molecule has 3 rings (SSSR count). The van der Waals surface area contributed by atoms with Crippen molar-refractivity contribution in [3.63, 3.8) is 0 Å². The minimum Gasteiger partial charge on any atom is -0.497 e. The van der Waals surface area contributed by atoms with Gasteiger partial charge in [0, 0.05) is 13.1 Å². The van der Waals surface area contributed by atoms with Crippen LogP contribution in [0.15, 0.2) is 65.1 Å². The zero-order valence-electron chi connectivity index (χ0n) is 14.9. The number of hydrogen-bond donors (Lipinski definition) is 1. The fourth-order valence-corrected chi connectivity index (χ4v) is 2.85. The van der Waals surface area contributed by atoms with Crippen LogP contribution in [-0.4, -0.2) is 23.1 Å². The third-order valence-electron chi connectivity index (χ3n) is 4.11. The lowest BCUT2D eigenvalue weighted by atomic mass is 10.1. The molecular weight excluding hydrogens is 349 g/mol. The molecule has 1 aromatic heterocycles. The molecule has 0 bridgehead atoms. The molecule has 0 amide bonds. The first kappa shape index (κ1) is 18.7. The number of carboxylic acids is 1. The molecule has 0 fully saturated rings. The van der Waals surface area contributed by atoms with Crippen molar-refractivity contribution in [1.29, 1.82) is 0 Å². The van der Waals surface area contributed by atoms with Gasteiger partial charge in [-0.3, -0.25) is 4.90 Å². The minimum atomic E-state index is -1.10. The molecule has 0 spiro atoms. The van der Waals surface area contributed by atoms with Gasteiger partial charge in [0.2, 0.25) is 5.76 Å². The van der Waals surface area contributed by atoms with Crippen LogP contribution in [-0.2, 0) is 19.6 Å². The van der Waals surface area contributed by atoms with Gasteiger partial charge in [0.05, 0.1) is 13.7 Å². The van der Waals surface area contributed by atoms with E-state index >= 15 is 0 Å². The highest BCUT2D eigenvalue weighted by Crippen LogP contribution is 2.18. The fourth-order valence-electron chi connectivity index (χ4n) is 2.85. The van der Waals surface area contributed by atoms with E-state index < -0.39 is 5.97 Å². The van der Waals surface area contributed by atoms with Gasteiger partial charge < -0.3 is 14.3 Å². The fraction of sp³-hybridized carbons (Fsp3) is 0.190. The number of carbonyl (C=O) groups is 1. The maximum atomic E-state index is 13.5. The van der Waals surface area contributed by atoms with E-state index in [1.165, 1.54) is 18.2 Å². The lowest BCUT2D eigenvalue weighted by Gasteiger charge is -2.22. The Balaban J connectivity index is 1.78. The van der Waals surface area contributed by atoms with E-state index in [2.05, 4.69) is 4.90 Å². The van der Waals surface area contributed by atoms with E-state index in [-0.39, 0.29) is 11.6 Å². The quantitative estimate of drug-likeness (QED) is 0.640. The molecule has 0 saturated heterocycles. The number of carboxylic acid groups (broad SMARTS) is 1. The number of methoxy groups -OCH3 is 1. The summed E-state index contributed by atoms with van der Waals surface area (Å²) in [5.41, 5.74) is 1.88. The molecular formula is C21H20FNO4. The lowest BCUT2D eigenvalue weighted by Crippen LogP contribution is -2.22. The van der Waals surface area contributed by atoms with Crippen molar-refractivity contribution >= 4 is 5.97 Å². The Morgan fingerprint density at radius 2 is 1.78 bits per heavy atom. The van der Waals surface area contributed by atoms with Crippen LogP contribution in [0.4, 0.5) is 4.39 Å². The van der Waals surface area contributed by atoms with Gasteiger partial charge in [-0.05, 0) is 47.5 Å². The summed E-state index contributed by atoms with van der Waals surface area (Å²) in [7, 11) is 1.61. The molecule has 27 heavy (non-hydrogen) atoms. The summed E-state index contributed by atoms with van der Waals surface area (Å²) in [6.07, 6.45) is 0. The SMILES string of the molecule is COc1ccc(CN(Cc2cccc(F)c2)Cc2ccc(C(=O)O)o2)cc1. The first-order valence-corrected chi connectivity index (χ1v) is 8.45. The second-order valence-corrected chi connectivity index (χ2v) is 6.19. The van der Waals surface area contributed by atoms with Crippen LogP contribution in [0.1, 0.15) is 27.4 Å². The third-order valence-corrected chi connectivity index (χ3v) is 4.11. The summed E-state index contributed by atoms with van der Waals surface area (Å²) in [4.78, 5) is 13.1. The van der Waals surface area contributed by atoms with Crippen LogP contribution in [0, 0.1) is 5.82 Å². The van der Waals surface area contributed by atoms with Gasteiger partial charge in [-0.15, -0.1) is 0 Å². The Morgan fingerprint density at radius 3 is 2.41 bits per heavy atom. The zero-order valence-corrected chi connectivity index (χ0v) is 14.9. The minimum absolute atomic E-state index is 0.0971. The largest absolute Gasteiger partial charge is 0.497 e. The highest BCUT2D eigenvalue weighted by atomic mass is 19.1. The number of ether oxygens (including phenoxy) is 1. The molecule has 6 heteroatoms. The van der Waals surface area contributed by atoms with Gasteiger partial charge >= 0.3 is 5.97 Å². The lowest BCUT2D eigenvalue weighted by molar-refractivity contribution is 0.0658. The van der Waals surface area contributed by atoms with Gasteiger partial charge in [-0.2, -0.15) is 0 Å². The summed E-state index contributed by atoms with van der Waals surface area (Å²) in [6.45, 7) is 1.48. The van der Waals surface area contributed by atoms with E-state index in [1.807, 2.05) is 30.3 Å². The predicted octanol–water partition coefficient (Wildman–Crippen LogP) is 4.33. The smallest absolute Gasteiger partial charge is 0.371 e. The molecule has 3 aromatic rings. The Bertz CT molecular complexity index is 905. The summed E-state index contributed by atoms with van der Waals surface area (Å²) < 4.78 is 24.1. The van der Waals surface area contributed by atoms with Crippen molar-refractivity contribution in [3.05, 3.63) is 89.1 Å². The molecule has 0 atom stereocenters. The molecule has 1 N–H and O–H groups in total. The van der Waals surface area contributed by atoms with Crippen molar-refractivity contribution in [3.8, 4) is 5.75 Å². The van der Waals surface area contributed by atoms with E-state index in [0.717, 1.165) is 16.9 Å². The monoisotopic (exact) mass is 369 g/mol. The average molecular weight is 369 g/mol. The molecule has 0 saturated carbocycles. The first-order chi connectivity index (χ1) is 13.0. The van der Waals surface area contributed by atoms with Crippen LogP contribution in [0.5, 0.6) is 5.75 Å². The van der Waals surface area contributed by atoms with Gasteiger partial charge in [0.1, 0.15) is 17.3 Å². The van der Waals surface area contributed by atoms with E-state index in [1.54, 1.807) is 19.2 Å². The summed E-state index contributed by atoms with van der Waals surface area (Å²) in [6, 6.07) is 17.2. The molecule has 0 aliphatic rings. The molecule has 2 aromatic carbocycles. The molecule has 0 aliphatic heterocycles. The van der Waals surface area contributed by atoms with Crippen LogP contribution in [0.25, 0.3) is 0 Å². The Hall–Kier alpha value is -3.12. The topological polar surface area (TPSA) is 62.9 Å². The number of rotatable bonds is 8. The number of furan rings is 1.